The third-order valence-electron chi connectivity index (χ3n) is 4.20. The first-order chi connectivity index (χ1) is 14.0. The molecule has 2 aromatic heterocycles. The molecule has 0 atom stereocenters. The van der Waals surface area contributed by atoms with Crippen LogP contribution in [0, 0.1) is 12.7 Å². The van der Waals surface area contributed by atoms with Gasteiger partial charge in [0.15, 0.2) is 4.96 Å². The van der Waals surface area contributed by atoms with Gasteiger partial charge in [0.25, 0.3) is 11.5 Å². The highest BCUT2D eigenvalue weighted by Gasteiger charge is 2.12. The van der Waals surface area contributed by atoms with Crippen molar-refractivity contribution in [3.63, 3.8) is 0 Å². The lowest BCUT2D eigenvalue weighted by molar-refractivity contribution is 0.102. The van der Waals surface area contributed by atoms with Crippen LogP contribution >= 0.6 is 11.3 Å². The molecular weight excluding hydrogens is 393 g/mol. The molecule has 0 spiro atoms. The SMILES string of the molecule is Cc1ccc(OCc2cc(=O)n3ccsc3n2)c(NC(=O)c2cccc(F)c2)c1. The van der Waals surface area contributed by atoms with Crippen molar-refractivity contribution < 1.29 is 13.9 Å². The lowest BCUT2D eigenvalue weighted by Gasteiger charge is -2.13. The van der Waals surface area contributed by atoms with Crippen LogP contribution in [0.15, 0.2) is 64.9 Å². The van der Waals surface area contributed by atoms with Crippen molar-refractivity contribution in [2.45, 2.75) is 13.5 Å². The van der Waals surface area contributed by atoms with Crippen LogP contribution in [0.4, 0.5) is 10.1 Å². The molecule has 1 amide bonds. The standard InChI is InChI=1S/C21H16FN3O3S/c1-13-5-6-18(17(9-13)24-20(27)14-3-2-4-15(22)10-14)28-12-16-11-19(26)25-7-8-29-21(25)23-16/h2-11H,12H2,1H3,(H,24,27). The van der Waals surface area contributed by atoms with E-state index in [1.807, 2.05) is 13.0 Å². The van der Waals surface area contributed by atoms with Gasteiger partial charge in [-0.15, -0.1) is 11.3 Å². The van der Waals surface area contributed by atoms with Gasteiger partial charge >= 0.3 is 0 Å². The molecule has 0 fully saturated rings. The molecule has 0 unspecified atom stereocenters. The first kappa shape index (κ1) is 18.8. The van der Waals surface area contributed by atoms with Crippen LogP contribution in [0.2, 0.25) is 0 Å². The second kappa shape index (κ2) is 7.84. The van der Waals surface area contributed by atoms with E-state index in [0.717, 1.165) is 5.56 Å². The van der Waals surface area contributed by atoms with E-state index in [0.29, 0.717) is 22.1 Å². The third kappa shape index (κ3) is 4.17. The average Bonchev–Trinajstić information content (AvgIpc) is 3.16. The Morgan fingerprint density at radius 3 is 2.93 bits per heavy atom. The molecule has 0 bridgehead atoms. The summed E-state index contributed by atoms with van der Waals surface area (Å²) in [5.41, 5.74) is 1.88. The molecule has 1 N–H and O–H groups in total. The molecule has 4 aromatic rings. The second-order valence-electron chi connectivity index (χ2n) is 6.39. The number of hydrogen-bond donors (Lipinski definition) is 1. The summed E-state index contributed by atoms with van der Waals surface area (Å²) in [5.74, 6) is -0.510. The summed E-state index contributed by atoms with van der Waals surface area (Å²) in [6.07, 6.45) is 1.67. The van der Waals surface area contributed by atoms with Gasteiger partial charge in [-0.3, -0.25) is 14.0 Å². The number of nitrogens with zero attached hydrogens (tertiary/aromatic N) is 2. The molecule has 0 aliphatic rings. The smallest absolute Gasteiger partial charge is 0.258 e. The van der Waals surface area contributed by atoms with Gasteiger partial charge < -0.3 is 10.1 Å². The Labute approximate surface area is 169 Å². The molecule has 29 heavy (non-hydrogen) atoms. The highest BCUT2D eigenvalue weighted by Crippen LogP contribution is 2.27. The van der Waals surface area contributed by atoms with E-state index < -0.39 is 11.7 Å². The van der Waals surface area contributed by atoms with E-state index >= 15 is 0 Å². The number of carbonyl (C=O) groups excluding carboxylic acids is 1. The van der Waals surface area contributed by atoms with Gasteiger partial charge in [-0.1, -0.05) is 12.1 Å². The van der Waals surface area contributed by atoms with Crippen molar-refractivity contribution >= 4 is 27.9 Å². The maximum Gasteiger partial charge on any atom is 0.258 e. The largest absolute Gasteiger partial charge is 0.485 e. The summed E-state index contributed by atoms with van der Waals surface area (Å²) in [6.45, 7) is 1.95. The highest BCUT2D eigenvalue weighted by molar-refractivity contribution is 7.15. The Morgan fingerprint density at radius 2 is 2.10 bits per heavy atom. The minimum atomic E-state index is -0.486. The summed E-state index contributed by atoms with van der Waals surface area (Å²) in [4.78, 5) is 29.6. The van der Waals surface area contributed by atoms with Crippen molar-refractivity contribution in [3.05, 3.63) is 93.1 Å². The monoisotopic (exact) mass is 409 g/mol. The first-order valence-electron chi connectivity index (χ1n) is 8.76. The Balaban J connectivity index is 1.56. The number of benzene rings is 2. The van der Waals surface area contributed by atoms with Gasteiger partial charge in [0.2, 0.25) is 0 Å². The molecule has 0 saturated heterocycles. The normalized spacial score (nSPS) is 10.8. The van der Waals surface area contributed by atoms with Gasteiger partial charge in [-0.05, 0) is 42.8 Å². The fourth-order valence-corrected chi connectivity index (χ4v) is 3.54. The number of nitrogens with one attached hydrogen (secondary N) is 1. The fraction of sp³-hybridized carbons (Fsp3) is 0.0952. The number of halogens is 1. The zero-order chi connectivity index (χ0) is 20.4. The lowest BCUT2D eigenvalue weighted by atomic mass is 10.1. The maximum atomic E-state index is 13.4. The van der Waals surface area contributed by atoms with Crippen molar-refractivity contribution in [2.75, 3.05) is 5.32 Å². The van der Waals surface area contributed by atoms with Crippen LogP contribution in [0.5, 0.6) is 5.75 Å². The molecule has 8 heteroatoms. The lowest BCUT2D eigenvalue weighted by Crippen LogP contribution is -2.15. The Morgan fingerprint density at radius 1 is 1.24 bits per heavy atom. The summed E-state index contributed by atoms with van der Waals surface area (Å²) < 4.78 is 20.7. The van der Waals surface area contributed by atoms with Crippen LogP contribution in [0.1, 0.15) is 21.6 Å². The molecule has 0 radical (unpaired) electrons. The van der Waals surface area contributed by atoms with Gasteiger partial charge in [-0.25, -0.2) is 9.37 Å². The van der Waals surface area contributed by atoms with Gasteiger partial charge in [0.05, 0.1) is 11.4 Å². The summed E-state index contributed by atoms with van der Waals surface area (Å²) >= 11 is 1.36. The minimum absolute atomic E-state index is 0.0650. The van der Waals surface area contributed by atoms with Crippen molar-refractivity contribution in [2.24, 2.45) is 0 Å². The second-order valence-corrected chi connectivity index (χ2v) is 7.27. The van der Waals surface area contributed by atoms with Crippen molar-refractivity contribution in [1.82, 2.24) is 9.38 Å². The highest BCUT2D eigenvalue weighted by atomic mass is 32.1. The van der Waals surface area contributed by atoms with Crippen molar-refractivity contribution in [3.8, 4) is 5.75 Å². The number of hydrogen-bond acceptors (Lipinski definition) is 5. The van der Waals surface area contributed by atoms with E-state index in [1.54, 1.807) is 23.7 Å². The number of aromatic nitrogens is 2. The minimum Gasteiger partial charge on any atom is -0.485 e. The third-order valence-corrected chi connectivity index (χ3v) is 4.96. The van der Waals surface area contributed by atoms with E-state index in [4.69, 9.17) is 4.74 Å². The number of amides is 1. The first-order valence-corrected chi connectivity index (χ1v) is 9.64. The summed E-state index contributed by atoms with van der Waals surface area (Å²) in [7, 11) is 0. The number of anilines is 1. The zero-order valence-electron chi connectivity index (χ0n) is 15.4. The number of ether oxygens (including phenoxy) is 1. The molecule has 0 aliphatic heterocycles. The number of thiazole rings is 1. The van der Waals surface area contributed by atoms with E-state index in [-0.39, 0.29) is 17.7 Å². The predicted octanol–water partition coefficient (Wildman–Crippen LogP) is 4.03. The molecule has 2 heterocycles. The molecule has 6 nitrogen and oxygen atoms in total. The molecule has 146 valence electrons. The molecular formula is C21H16FN3O3S. The van der Waals surface area contributed by atoms with Gasteiger partial charge in [-0.2, -0.15) is 0 Å². The van der Waals surface area contributed by atoms with Crippen LogP contribution in [-0.2, 0) is 6.61 Å². The van der Waals surface area contributed by atoms with E-state index in [2.05, 4.69) is 10.3 Å². The Kier molecular flexibility index (Phi) is 5.09. The molecule has 0 aliphatic carbocycles. The van der Waals surface area contributed by atoms with Gasteiger partial charge in [0, 0.05) is 23.2 Å². The Hall–Kier alpha value is -3.52. The molecule has 4 rings (SSSR count). The van der Waals surface area contributed by atoms with Crippen LogP contribution < -0.4 is 15.6 Å². The van der Waals surface area contributed by atoms with Gasteiger partial charge in [0.1, 0.15) is 18.2 Å². The summed E-state index contributed by atoms with van der Waals surface area (Å²) in [6, 6.07) is 12.2. The average molecular weight is 409 g/mol. The van der Waals surface area contributed by atoms with Crippen LogP contribution in [0.3, 0.4) is 0 Å². The topological polar surface area (TPSA) is 72.7 Å². The predicted molar refractivity (Wildman–Crippen MR) is 109 cm³/mol. The number of rotatable bonds is 5. The number of fused-ring (bicyclic) bond motifs is 1. The number of carbonyl (C=O) groups is 1. The molecule has 2 aromatic carbocycles. The van der Waals surface area contributed by atoms with Crippen molar-refractivity contribution in [1.29, 1.82) is 0 Å². The van der Waals surface area contributed by atoms with Crippen LogP contribution in [0.25, 0.3) is 4.96 Å². The Bertz CT molecular complexity index is 1270. The van der Waals surface area contributed by atoms with E-state index in [1.165, 1.54) is 46.1 Å². The zero-order valence-corrected chi connectivity index (χ0v) is 16.2. The number of aryl methyl sites for hydroxylation is 1. The quantitative estimate of drug-likeness (QED) is 0.540. The molecule has 0 saturated carbocycles. The maximum absolute atomic E-state index is 13.4. The summed E-state index contributed by atoms with van der Waals surface area (Å²) in [5, 5.41) is 4.54. The van der Waals surface area contributed by atoms with E-state index in [9.17, 15) is 14.0 Å². The van der Waals surface area contributed by atoms with Crippen LogP contribution in [-0.4, -0.2) is 15.3 Å². The fourth-order valence-electron chi connectivity index (χ4n) is 2.81.